The molecule has 0 saturated carbocycles. The van der Waals surface area contributed by atoms with Crippen LogP contribution in [0.1, 0.15) is 28.9 Å². The van der Waals surface area contributed by atoms with E-state index in [4.69, 9.17) is 9.84 Å². The standard InChI is InChI=1S/C17H16O4S/c1-2-22-15-9-5-12(6-10-15)16(11-18)21-14-7-3-13(4-8-14)17(19)20/h3-11,16H,2H2,1H3,(H,19,20). The fourth-order valence-corrected chi connectivity index (χ4v) is 2.58. The van der Waals surface area contributed by atoms with Crippen molar-refractivity contribution in [3.05, 3.63) is 59.7 Å². The third kappa shape index (κ3) is 4.11. The summed E-state index contributed by atoms with van der Waals surface area (Å²) in [5.41, 5.74) is 0.939. The number of carboxylic acids is 1. The van der Waals surface area contributed by atoms with E-state index in [1.54, 1.807) is 23.9 Å². The lowest BCUT2D eigenvalue weighted by molar-refractivity contribution is -0.113. The van der Waals surface area contributed by atoms with E-state index in [1.807, 2.05) is 24.3 Å². The van der Waals surface area contributed by atoms with Crippen LogP contribution in [0.25, 0.3) is 0 Å². The van der Waals surface area contributed by atoms with Gasteiger partial charge in [0.05, 0.1) is 5.56 Å². The summed E-state index contributed by atoms with van der Waals surface area (Å²) in [5, 5.41) is 8.85. The van der Waals surface area contributed by atoms with E-state index in [2.05, 4.69) is 6.92 Å². The molecule has 0 amide bonds. The van der Waals surface area contributed by atoms with Crippen LogP contribution in [0.2, 0.25) is 0 Å². The molecular weight excluding hydrogens is 300 g/mol. The number of carboxylic acid groups (broad SMARTS) is 1. The molecule has 0 radical (unpaired) electrons. The van der Waals surface area contributed by atoms with E-state index >= 15 is 0 Å². The molecule has 0 aromatic heterocycles. The fraction of sp³-hybridized carbons (Fsp3) is 0.176. The Morgan fingerprint density at radius 1 is 1.18 bits per heavy atom. The van der Waals surface area contributed by atoms with E-state index < -0.39 is 12.1 Å². The lowest BCUT2D eigenvalue weighted by Gasteiger charge is -2.14. The topological polar surface area (TPSA) is 63.6 Å². The lowest BCUT2D eigenvalue weighted by atomic mass is 10.1. The third-order valence-corrected chi connectivity index (χ3v) is 3.90. The molecule has 1 unspecified atom stereocenters. The smallest absolute Gasteiger partial charge is 0.335 e. The van der Waals surface area contributed by atoms with E-state index in [9.17, 15) is 9.59 Å². The molecule has 0 aliphatic carbocycles. The summed E-state index contributed by atoms with van der Waals surface area (Å²) in [5.74, 6) is 0.444. The van der Waals surface area contributed by atoms with Crippen LogP contribution in [0.3, 0.4) is 0 Å². The first-order valence-corrected chi connectivity index (χ1v) is 7.80. The first-order chi connectivity index (χ1) is 10.6. The molecule has 4 nitrogen and oxygen atoms in total. The van der Waals surface area contributed by atoms with Crippen molar-refractivity contribution in [3.8, 4) is 5.75 Å². The Bertz CT molecular complexity index is 635. The van der Waals surface area contributed by atoms with Gasteiger partial charge in [0, 0.05) is 4.90 Å². The van der Waals surface area contributed by atoms with Crippen LogP contribution in [0.5, 0.6) is 5.75 Å². The average Bonchev–Trinajstić information content (AvgIpc) is 2.54. The van der Waals surface area contributed by atoms with Crippen LogP contribution >= 0.6 is 11.8 Å². The summed E-state index contributed by atoms with van der Waals surface area (Å²) in [6.45, 7) is 2.08. The molecule has 2 aromatic carbocycles. The predicted octanol–water partition coefficient (Wildman–Crippen LogP) is 3.82. The molecule has 0 aliphatic rings. The van der Waals surface area contributed by atoms with Crippen molar-refractivity contribution in [2.45, 2.75) is 17.9 Å². The van der Waals surface area contributed by atoms with Gasteiger partial charge in [-0.1, -0.05) is 19.1 Å². The second-order valence-electron chi connectivity index (χ2n) is 4.51. The average molecular weight is 316 g/mol. The van der Waals surface area contributed by atoms with Gasteiger partial charge in [-0.3, -0.25) is 4.79 Å². The second kappa shape index (κ2) is 7.66. The van der Waals surface area contributed by atoms with Crippen molar-refractivity contribution in [2.24, 2.45) is 0 Å². The van der Waals surface area contributed by atoms with Crippen LogP contribution < -0.4 is 4.74 Å². The minimum Gasteiger partial charge on any atom is -0.478 e. The molecule has 0 spiro atoms. The number of aromatic carboxylic acids is 1. The van der Waals surface area contributed by atoms with Gasteiger partial charge in [0.15, 0.2) is 12.4 Å². The van der Waals surface area contributed by atoms with Crippen LogP contribution in [-0.4, -0.2) is 23.1 Å². The number of hydrogen-bond donors (Lipinski definition) is 1. The number of carbonyl (C=O) groups excluding carboxylic acids is 1. The summed E-state index contributed by atoms with van der Waals surface area (Å²) >= 11 is 1.73. The van der Waals surface area contributed by atoms with E-state index in [0.29, 0.717) is 5.75 Å². The van der Waals surface area contributed by atoms with Crippen molar-refractivity contribution in [3.63, 3.8) is 0 Å². The van der Waals surface area contributed by atoms with Crippen LogP contribution in [0, 0.1) is 0 Å². The highest BCUT2D eigenvalue weighted by molar-refractivity contribution is 7.99. The Labute approximate surface area is 133 Å². The van der Waals surface area contributed by atoms with Crippen molar-refractivity contribution >= 4 is 24.0 Å². The number of aldehydes is 1. The molecule has 0 fully saturated rings. The zero-order valence-corrected chi connectivity index (χ0v) is 12.9. The van der Waals surface area contributed by atoms with E-state index in [0.717, 1.165) is 22.5 Å². The molecular formula is C17H16O4S. The maximum absolute atomic E-state index is 11.3. The van der Waals surface area contributed by atoms with Crippen LogP contribution in [0.4, 0.5) is 0 Å². The van der Waals surface area contributed by atoms with Gasteiger partial charge >= 0.3 is 5.97 Å². The van der Waals surface area contributed by atoms with Gasteiger partial charge in [-0.05, 0) is 47.7 Å². The Kier molecular flexibility index (Phi) is 5.61. The first kappa shape index (κ1) is 16.1. The van der Waals surface area contributed by atoms with Crippen LogP contribution in [0.15, 0.2) is 53.4 Å². The molecule has 5 heteroatoms. The number of rotatable bonds is 7. The quantitative estimate of drug-likeness (QED) is 0.621. The minimum absolute atomic E-state index is 0.177. The van der Waals surface area contributed by atoms with Gasteiger partial charge < -0.3 is 9.84 Å². The summed E-state index contributed by atoms with van der Waals surface area (Å²) in [6, 6.07) is 13.6. The summed E-state index contributed by atoms with van der Waals surface area (Å²) in [4.78, 5) is 23.2. The van der Waals surface area contributed by atoms with Crippen LogP contribution in [-0.2, 0) is 4.79 Å². The SMILES string of the molecule is CCSc1ccc(C(C=O)Oc2ccc(C(=O)O)cc2)cc1. The van der Waals surface area contributed by atoms with Crippen molar-refractivity contribution in [1.29, 1.82) is 0 Å². The minimum atomic E-state index is -0.998. The van der Waals surface area contributed by atoms with Gasteiger partial charge in [0.1, 0.15) is 5.75 Å². The molecule has 22 heavy (non-hydrogen) atoms. The second-order valence-corrected chi connectivity index (χ2v) is 5.84. The molecule has 1 N–H and O–H groups in total. The zero-order valence-electron chi connectivity index (χ0n) is 12.1. The monoisotopic (exact) mass is 316 g/mol. The highest BCUT2D eigenvalue weighted by atomic mass is 32.2. The zero-order chi connectivity index (χ0) is 15.9. The highest BCUT2D eigenvalue weighted by Crippen LogP contribution is 2.24. The summed E-state index contributed by atoms with van der Waals surface area (Å²) in [7, 11) is 0. The molecule has 0 saturated heterocycles. The number of ether oxygens (including phenoxy) is 1. The van der Waals surface area contributed by atoms with Gasteiger partial charge in [-0.2, -0.15) is 0 Å². The first-order valence-electron chi connectivity index (χ1n) is 6.82. The molecule has 2 aromatic rings. The van der Waals surface area contributed by atoms with Gasteiger partial charge in [-0.25, -0.2) is 4.79 Å². The van der Waals surface area contributed by atoms with Crippen molar-refractivity contribution in [1.82, 2.24) is 0 Å². The van der Waals surface area contributed by atoms with Crippen molar-refractivity contribution < 1.29 is 19.4 Å². The highest BCUT2D eigenvalue weighted by Gasteiger charge is 2.13. The van der Waals surface area contributed by atoms with Gasteiger partial charge in [0.2, 0.25) is 0 Å². The number of thioether (sulfide) groups is 1. The van der Waals surface area contributed by atoms with E-state index in [-0.39, 0.29) is 5.56 Å². The van der Waals surface area contributed by atoms with E-state index in [1.165, 1.54) is 12.1 Å². The molecule has 114 valence electrons. The maximum atomic E-state index is 11.3. The molecule has 1 atom stereocenters. The number of hydrogen-bond acceptors (Lipinski definition) is 4. The molecule has 0 aliphatic heterocycles. The van der Waals surface area contributed by atoms with Crippen molar-refractivity contribution in [2.75, 3.05) is 5.75 Å². The molecule has 0 bridgehead atoms. The Balaban J connectivity index is 2.11. The summed E-state index contributed by atoms with van der Waals surface area (Å²) in [6.07, 6.45) is 0.0175. The number of benzene rings is 2. The lowest BCUT2D eigenvalue weighted by Crippen LogP contribution is -2.09. The Hall–Kier alpha value is -2.27. The Morgan fingerprint density at radius 2 is 1.82 bits per heavy atom. The Morgan fingerprint density at radius 3 is 2.32 bits per heavy atom. The molecule has 2 rings (SSSR count). The van der Waals surface area contributed by atoms with Gasteiger partial charge in [-0.15, -0.1) is 11.8 Å². The fourth-order valence-electron chi connectivity index (χ4n) is 1.92. The molecule has 0 heterocycles. The van der Waals surface area contributed by atoms with Gasteiger partial charge in [0.25, 0.3) is 0 Å². The predicted molar refractivity (Wildman–Crippen MR) is 85.7 cm³/mol. The largest absolute Gasteiger partial charge is 0.478 e. The summed E-state index contributed by atoms with van der Waals surface area (Å²) < 4.78 is 5.62. The normalized spacial score (nSPS) is 11.7. The third-order valence-electron chi connectivity index (χ3n) is 3.01. The number of carbonyl (C=O) groups is 2. The maximum Gasteiger partial charge on any atom is 0.335 e.